The minimum atomic E-state index is -0.504. The predicted octanol–water partition coefficient (Wildman–Crippen LogP) is 3.17. The minimum Gasteiger partial charge on any atom is -0.369 e. The summed E-state index contributed by atoms with van der Waals surface area (Å²) in [6.45, 7) is 7.73. The number of aryl methyl sites for hydroxylation is 1. The summed E-state index contributed by atoms with van der Waals surface area (Å²) < 4.78 is 1.89. The van der Waals surface area contributed by atoms with Crippen molar-refractivity contribution in [3.63, 3.8) is 0 Å². The Balaban J connectivity index is 1.16. The van der Waals surface area contributed by atoms with Gasteiger partial charge in [0.15, 0.2) is 0 Å². The molecular formula is C31H51N11O. The van der Waals surface area contributed by atoms with E-state index in [2.05, 4.69) is 41.9 Å². The summed E-state index contributed by atoms with van der Waals surface area (Å²) in [7, 11) is 0. The first-order valence-corrected chi connectivity index (χ1v) is 16.2. The Morgan fingerprint density at radius 1 is 1.00 bits per heavy atom. The second-order valence-electron chi connectivity index (χ2n) is 11.5. The lowest BCUT2D eigenvalue weighted by Gasteiger charge is -2.22. The van der Waals surface area contributed by atoms with E-state index in [1.807, 2.05) is 42.1 Å². The number of amides is 1. The summed E-state index contributed by atoms with van der Waals surface area (Å²) in [5.41, 5.74) is 7.72. The fourth-order valence-electron chi connectivity index (χ4n) is 5.35. The van der Waals surface area contributed by atoms with Crippen molar-refractivity contribution in [1.29, 1.82) is 0 Å². The van der Waals surface area contributed by atoms with Crippen LogP contribution in [-0.2, 0) is 17.9 Å². The van der Waals surface area contributed by atoms with E-state index in [4.69, 9.17) is 10.7 Å². The second-order valence-corrected chi connectivity index (χ2v) is 11.5. The molecule has 0 aliphatic heterocycles. The van der Waals surface area contributed by atoms with Gasteiger partial charge < -0.3 is 32.3 Å². The van der Waals surface area contributed by atoms with Gasteiger partial charge in [0.25, 0.3) is 0 Å². The molecule has 1 aliphatic carbocycles. The molecule has 1 amide bonds. The zero-order valence-corrected chi connectivity index (χ0v) is 25.8. The Kier molecular flexibility index (Phi) is 13.9. The van der Waals surface area contributed by atoms with Crippen LogP contribution in [0.1, 0.15) is 76.8 Å². The number of carbonyl (C=O) groups is 1. The van der Waals surface area contributed by atoms with Crippen LogP contribution < -0.4 is 32.3 Å². The van der Waals surface area contributed by atoms with E-state index in [0.29, 0.717) is 32.0 Å². The summed E-state index contributed by atoms with van der Waals surface area (Å²) >= 11 is 0. The number of nitrogens with one attached hydrogen (secondary N) is 5. The van der Waals surface area contributed by atoms with Crippen molar-refractivity contribution in [3.8, 4) is 0 Å². The van der Waals surface area contributed by atoms with E-state index in [-0.39, 0.29) is 5.91 Å². The van der Waals surface area contributed by atoms with Crippen molar-refractivity contribution in [1.82, 2.24) is 40.9 Å². The third-order valence-corrected chi connectivity index (χ3v) is 7.80. The molecular weight excluding hydrogens is 542 g/mol. The number of nitrogens with two attached hydrogens (primary N) is 1. The highest BCUT2D eigenvalue weighted by Gasteiger charge is 2.13. The van der Waals surface area contributed by atoms with Crippen molar-refractivity contribution in [3.05, 3.63) is 36.2 Å². The highest BCUT2D eigenvalue weighted by atomic mass is 16.2. The van der Waals surface area contributed by atoms with E-state index in [1.165, 1.54) is 32.1 Å². The number of hydrogen-bond acceptors (Lipinski definition) is 10. The predicted molar refractivity (Wildman–Crippen MR) is 173 cm³/mol. The molecule has 3 aromatic rings. The fourth-order valence-corrected chi connectivity index (χ4v) is 5.35. The second kappa shape index (κ2) is 18.3. The molecule has 0 unspecified atom stereocenters. The van der Waals surface area contributed by atoms with Gasteiger partial charge in [0.05, 0.1) is 24.3 Å². The largest absolute Gasteiger partial charge is 0.369 e. The molecule has 1 aliphatic rings. The zero-order chi connectivity index (χ0) is 30.1. The Hall–Kier alpha value is -3.35. The quantitative estimate of drug-likeness (QED) is 0.107. The van der Waals surface area contributed by atoms with Crippen molar-refractivity contribution >= 4 is 28.6 Å². The lowest BCUT2D eigenvalue weighted by Crippen LogP contribution is -2.41. The van der Waals surface area contributed by atoms with Crippen LogP contribution in [0.15, 0.2) is 30.5 Å². The van der Waals surface area contributed by atoms with Gasteiger partial charge in [0, 0.05) is 31.1 Å². The molecule has 1 fully saturated rings. The number of carbonyl (C=O) groups excluding carboxylic acids is 1. The first kappa shape index (κ1) is 32.6. The average Bonchev–Trinajstić information content (AvgIpc) is 3.50. The van der Waals surface area contributed by atoms with Crippen molar-refractivity contribution in [2.45, 2.75) is 96.3 Å². The molecule has 0 radical (unpaired) electrons. The van der Waals surface area contributed by atoms with Crippen molar-refractivity contribution < 1.29 is 4.79 Å². The molecule has 0 bridgehead atoms. The van der Waals surface area contributed by atoms with Gasteiger partial charge in [-0.05, 0) is 76.7 Å². The molecule has 4 rings (SSSR count). The molecule has 12 heteroatoms. The maximum Gasteiger partial charge on any atom is 0.236 e. The van der Waals surface area contributed by atoms with Crippen LogP contribution in [0.5, 0.6) is 0 Å². The topological polar surface area (TPSA) is 160 Å². The van der Waals surface area contributed by atoms with E-state index in [0.717, 1.165) is 80.3 Å². The number of hydrogen-bond donors (Lipinski definition) is 6. The number of nitrogens with zero attached hydrogens (tertiary/aromatic N) is 5. The monoisotopic (exact) mass is 593 g/mol. The Morgan fingerprint density at radius 3 is 2.70 bits per heavy atom. The highest BCUT2D eigenvalue weighted by molar-refractivity contribution is 5.90. The Morgan fingerprint density at radius 2 is 1.84 bits per heavy atom. The molecule has 2 heterocycles. The van der Waals surface area contributed by atoms with Gasteiger partial charge in [-0.2, -0.15) is 4.98 Å². The van der Waals surface area contributed by atoms with E-state index < -0.39 is 6.04 Å². The van der Waals surface area contributed by atoms with Gasteiger partial charge in [0.2, 0.25) is 11.9 Å². The molecule has 2 aromatic heterocycles. The summed E-state index contributed by atoms with van der Waals surface area (Å²) in [5, 5.41) is 26.3. The van der Waals surface area contributed by atoms with Crippen LogP contribution in [0.3, 0.4) is 0 Å². The van der Waals surface area contributed by atoms with Crippen LogP contribution in [0.4, 0.5) is 11.8 Å². The number of rotatable bonds is 20. The summed E-state index contributed by atoms with van der Waals surface area (Å²) in [6.07, 6.45) is 13.2. The van der Waals surface area contributed by atoms with Gasteiger partial charge in [-0.25, -0.2) is 4.98 Å². The van der Waals surface area contributed by atoms with E-state index >= 15 is 0 Å². The first-order chi connectivity index (χ1) is 21.1. The van der Waals surface area contributed by atoms with Gasteiger partial charge in [-0.1, -0.05) is 43.5 Å². The molecule has 236 valence electrons. The van der Waals surface area contributed by atoms with Crippen LogP contribution >= 0.6 is 0 Å². The maximum absolute atomic E-state index is 12.0. The van der Waals surface area contributed by atoms with Crippen LogP contribution in [0.2, 0.25) is 0 Å². The maximum atomic E-state index is 12.0. The normalized spacial score (nSPS) is 14.6. The average molecular weight is 594 g/mol. The summed E-state index contributed by atoms with van der Waals surface area (Å²) in [5.74, 6) is 1.18. The van der Waals surface area contributed by atoms with Crippen LogP contribution in [0.25, 0.3) is 10.9 Å². The van der Waals surface area contributed by atoms with Crippen molar-refractivity contribution in [2.75, 3.05) is 43.4 Å². The number of aromatic nitrogens is 5. The Labute approximate surface area is 255 Å². The first-order valence-electron chi connectivity index (χ1n) is 16.2. The van der Waals surface area contributed by atoms with Gasteiger partial charge in [-0.3, -0.25) is 9.48 Å². The van der Waals surface area contributed by atoms with Gasteiger partial charge in [0.1, 0.15) is 11.5 Å². The van der Waals surface area contributed by atoms with Gasteiger partial charge >= 0.3 is 0 Å². The number of para-hydroxylation sites is 1. The molecule has 7 N–H and O–H groups in total. The third kappa shape index (κ3) is 11.3. The van der Waals surface area contributed by atoms with Crippen LogP contribution in [0, 0.1) is 0 Å². The smallest absolute Gasteiger partial charge is 0.236 e. The molecule has 1 saturated carbocycles. The number of benzene rings is 1. The lowest BCUT2D eigenvalue weighted by molar-refractivity contribution is -0.122. The summed E-state index contributed by atoms with van der Waals surface area (Å²) in [6, 6.07) is 8.14. The molecule has 0 spiro atoms. The standard InChI is InChI=1S/C31H51N11O/c1-2-16-36-30(43)27(32)14-8-19-35-29-26-13-6-7-15-28(26)38-31(39-29)37-22-25-23-42(41-40-25)21-10-18-33-17-9-20-34-24-11-4-3-5-12-24/h6-7,13,15,23-24,27,33-34H,2-5,8-12,14,16-22,32H2,1H3,(H,36,43)(H2,35,37,38,39)/t27-/m0/s1. The zero-order valence-electron chi connectivity index (χ0n) is 25.8. The highest BCUT2D eigenvalue weighted by Crippen LogP contribution is 2.22. The number of anilines is 2. The summed E-state index contributed by atoms with van der Waals surface area (Å²) in [4.78, 5) is 21.4. The van der Waals surface area contributed by atoms with E-state index in [9.17, 15) is 4.79 Å². The molecule has 0 saturated heterocycles. The fraction of sp³-hybridized carbons (Fsp3) is 0.645. The molecule has 12 nitrogen and oxygen atoms in total. The lowest BCUT2D eigenvalue weighted by atomic mass is 9.95. The molecule has 43 heavy (non-hydrogen) atoms. The van der Waals surface area contributed by atoms with Crippen molar-refractivity contribution in [2.24, 2.45) is 5.73 Å². The molecule has 1 aromatic carbocycles. The van der Waals surface area contributed by atoms with Crippen LogP contribution in [-0.4, -0.2) is 75.7 Å². The van der Waals surface area contributed by atoms with E-state index in [1.54, 1.807) is 0 Å². The minimum absolute atomic E-state index is 0.0950. The Bertz CT molecular complexity index is 1230. The third-order valence-electron chi connectivity index (χ3n) is 7.80. The SMILES string of the molecule is CCCNC(=O)[C@@H](N)CCCNc1nc(NCc2cn(CCCNCCCNC3CCCCC3)nn2)nc2ccccc12. The number of fused-ring (bicyclic) bond motifs is 1. The molecule has 1 atom stereocenters. The van der Waals surface area contributed by atoms with Gasteiger partial charge in [-0.15, -0.1) is 5.10 Å².